The van der Waals surface area contributed by atoms with E-state index >= 15 is 0 Å². The minimum Gasteiger partial charge on any atom is -0.347 e. The Morgan fingerprint density at radius 1 is 1.58 bits per heavy atom. The molecule has 19 heavy (non-hydrogen) atoms. The van der Waals surface area contributed by atoms with Crippen molar-refractivity contribution in [2.24, 2.45) is 0 Å². The first-order valence-electron chi connectivity index (χ1n) is 6.24. The number of carbonyl (C=O) groups is 1. The molecule has 0 spiro atoms. The molecule has 0 saturated carbocycles. The lowest BCUT2D eigenvalue weighted by Crippen LogP contribution is -2.54. The number of piperidine rings is 1. The van der Waals surface area contributed by atoms with Crippen molar-refractivity contribution in [3.63, 3.8) is 0 Å². The summed E-state index contributed by atoms with van der Waals surface area (Å²) in [6.45, 7) is 3.89. The fraction of sp³-hybridized carbons (Fsp3) is 0.750. The Kier molecular flexibility index (Phi) is 5.09. The maximum Gasteiger partial charge on any atom is 0.258 e. The zero-order valence-electron chi connectivity index (χ0n) is 11.4. The van der Waals surface area contributed by atoms with Crippen molar-refractivity contribution in [2.75, 3.05) is 12.8 Å². The average Bonchev–Trinajstić information content (AvgIpc) is 2.25. The lowest BCUT2D eigenvalue weighted by Gasteiger charge is -2.33. The highest BCUT2D eigenvalue weighted by atomic mass is 32.2. The van der Waals surface area contributed by atoms with Crippen LogP contribution < -0.4 is 10.6 Å². The molecule has 1 aliphatic heterocycles. The Morgan fingerprint density at radius 2 is 2.21 bits per heavy atom. The van der Waals surface area contributed by atoms with Crippen LogP contribution in [-0.2, 0) is 14.6 Å². The van der Waals surface area contributed by atoms with Gasteiger partial charge in [0.15, 0.2) is 15.5 Å². The normalized spacial score (nSPS) is 30.2. The highest BCUT2D eigenvalue weighted by molar-refractivity contribution is 7.93. The quantitative estimate of drug-likeness (QED) is 0.792. The minimum absolute atomic E-state index is 0.0497. The van der Waals surface area contributed by atoms with E-state index in [-0.39, 0.29) is 18.9 Å². The van der Waals surface area contributed by atoms with E-state index in [1.807, 2.05) is 6.92 Å². The van der Waals surface area contributed by atoms with Gasteiger partial charge in [0, 0.05) is 36.6 Å². The van der Waals surface area contributed by atoms with Gasteiger partial charge in [-0.05, 0) is 20.4 Å². The molecule has 1 fully saturated rings. The Morgan fingerprint density at radius 3 is 2.74 bits per heavy atom. The number of nitrogens with one attached hydrogen (secondary N) is 2. The molecule has 2 unspecified atom stereocenters. The lowest BCUT2D eigenvalue weighted by molar-refractivity contribution is -0.135. The molecule has 7 heteroatoms. The molecule has 110 valence electrons. The summed E-state index contributed by atoms with van der Waals surface area (Å²) in [5.41, 5.74) is -1.88. The fourth-order valence-corrected chi connectivity index (χ4v) is 2.55. The molecule has 2 N–H and O–H groups in total. The van der Waals surface area contributed by atoms with Crippen molar-refractivity contribution in [3.8, 4) is 0 Å². The molecule has 0 aromatic carbocycles. The van der Waals surface area contributed by atoms with Gasteiger partial charge in [0.25, 0.3) is 5.91 Å². The number of alkyl halides is 1. The number of carbonyl (C=O) groups excluding carboxylic acids is 1. The molecule has 3 atom stereocenters. The van der Waals surface area contributed by atoms with Crippen molar-refractivity contribution in [1.82, 2.24) is 10.6 Å². The summed E-state index contributed by atoms with van der Waals surface area (Å²) in [4.78, 5) is 11.9. The summed E-state index contributed by atoms with van der Waals surface area (Å²) in [5, 5.41) is 6.58. The van der Waals surface area contributed by atoms with Crippen LogP contribution in [0.1, 0.15) is 26.7 Å². The van der Waals surface area contributed by atoms with Crippen molar-refractivity contribution < 1.29 is 17.6 Å². The van der Waals surface area contributed by atoms with E-state index in [1.165, 1.54) is 6.08 Å². The zero-order valence-corrected chi connectivity index (χ0v) is 12.3. The second kappa shape index (κ2) is 6.00. The lowest BCUT2D eigenvalue weighted by atomic mass is 9.89. The maximum absolute atomic E-state index is 14.5. The van der Waals surface area contributed by atoms with E-state index in [1.54, 1.807) is 6.92 Å². The average molecular weight is 292 g/mol. The van der Waals surface area contributed by atoms with E-state index in [0.717, 1.165) is 11.7 Å². The van der Waals surface area contributed by atoms with Crippen molar-refractivity contribution in [1.29, 1.82) is 0 Å². The van der Waals surface area contributed by atoms with Gasteiger partial charge in [-0.3, -0.25) is 4.79 Å². The summed E-state index contributed by atoms with van der Waals surface area (Å²) < 4.78 is 36.4. The van der Waals surface area contributed by atoms with E-state index < -0.39 is 27.5 Å². The van der Waals surface area contributed by atoms with E-state index in [0.29, 0.717) is 6.54 Å². The van der Waals surface area contributed by atoms with Crippen LogP contribution in [0.25, 0.3) is 0 Å². The largest absolute Gasteiger partial charge is 0.347 e. The first kappa shape index (κ1) is 16.1. The molecular formula is C12H21FN2O3S. The molecule has 1 heterocycles. The van der Waals surface area contributed by atoms with Crippen LogP contribution in [0.3, 0.4) is 0 Å². The predicted octanol–water partition coefficient (Wildman–Crippen LogP) is 0.530. The third-order valence-electron chi connectivity index (χ3n) is 3.02. The Labute approximate surface area is 113 Å². The van der Waals surface area contributed by atoms with Crippen LogP contribution in [-0.4, -0.2) is 44.9 Å². The molecule has 1 aliphatic rings. The second-order valence-corrected chi connectivity index (χ2v) is 7.13. The standard InChI is InChI=1S/C12H21FN2O3S/c1-9(4-7-19(3,17)18)15-11(16)12(13)5-6-14-10(2)8-12/h4,7,9-10,14H,5-6,8H2,1-3H3,(H,15,16)/b7-4-/t9-,10?,12?/m1/s1. The Hall–Kier alpha value is -0.950. The number of hydrogen-bond acceptors (Lipinski definition) is 4. The number of rotatable bonds is 4. The maximum atomic E-state index is 14.5. The minimum atomic E-state index is -3.24. The number of halogens is 1. The SMILES string of the molecule is CC1CC(F)(C(=O)N[C@H](C)/C=C\S(C)(=O)=O)CCN1. The van der Waals surface area contributed by atoms with Gasteiger partial charge < -0.3 is 10.6 Å². The highest BCUT2D eigenvalue weighted by Gasteiger charge is 2.42. The molecule has 0 aromatic heterocycles. The Balaban J connectivity index is 2.61. The van der Waals surface area contributed by atoms with E-state index in [9.17, 15) is 17.6 Å². The Bertz CT molecular complexity index is 464. The fourth-order valence-electron chi connectivity index (χ4n) is 2.03. The summed E-state index contributed by atoms with van der Waals surface area (Å²) in [5.74, 6) is -0.675. The number of amides is 1. The van der Waals surface area contributed by atoms with Crippen LogP contribution in [0.4, 0.5) is 4.39 Å². The van der Waals surface area contributed by atoms with E-state index in [4.69, 9.17) is 0 Å². The van der Waals surface area contributed by atoms with Gasteiger partial charge in [-0.2, -0.15) is 0 Å². The summed E-state index contributed by atoms with van der Waals surface area (Å²) in [7, 11) is -3.24. The molecule has 1 saturated heterocycles. The van der Waals surface area contributed by atoms with Crippen LogP contribution in [0.2, 0.25) is 0 Å². The third-order valence-corrected chi connectivity index (χ3v) is 3.68. The van der Waals surface area contributed by atoms with Gasteiger partial charge in [0.1, 0.15) is 0 Å². The molecule has 0 radical (unpaired) electrons. The van der Waals surface area contributed by atoms with Crippen LogP contribution in [0, 0.1) is 0 Å². The summed E-state index contributed by atoms with van der Waals surface area (Å²) in [6, 6.07) is -0.577. The zero-order chi connectivity index (χ0) is 14.7. The first-order chi connectivity index (χ1) is 8.62. The van der Waals surface area contributed by atoms with Crippen molar-refractivity contribution in [3.05, 3.63) is 11.5 Å². The van der Waals surface area contributed by atoms with Crippen LogP contribution >= 0.6 is 0 Å². The molecular weight excluding hydrogens is 271 g/mol. The van der Waals surface area contributed by atoms with Gasteiger partial charge in [0.2, 0.25) is 0 Å². The molecule has 1 rings (SSSR count). The molecule has 1 amide bonds. The second-order valence-electron chi connectivity index (χ2n) is 5.19. The van der Waals surface area contributed by atoms with E-state index in [2.05, 4.69) is 10.6 Å². The van der Waals surface area contributed by atoms with Gasteiger partial charge in [-0.1, -0.05) is 6.08 Å². The first-order valence-corrected chi connectivity index (χ1v) is 8.19. The van der Waals surface area contributed by atoms with Gasteiger partial charge in [-0.25, -0.2) is 12.8 Å². The monoisotopic (exact) mass is 292 g/mol. The van der Waals surface area contributed by atoms with Crippen LogP contribution in [0.5, 0.6) is 0 Å². The number of sulfone groups is 1. The molecule has 0 bridgehead atoms. The molecule has 0 aliphatic carbocycles. The molecule has 0 aromatic rings. The van der Waals surface area contributed by atoms with Crippen molar-refractivity contribution >= 4 is 15.7 Å². The predicted molar refractivity (Wildman–Crippen MR) is 72.1 cm³/mol. The van der Waals surface area contributed by atoms with Gasteiger partial charge >= 0.3 is 0 Å². The molecule has 5 nitrogen and oxygen atoms in total. The highest BCUT2D eigenvalue weighted by Crippen LogP contribution is 2.26. The van der Waals surface area contributed by atoms with Gasteiger partial charge in [-0.15, -0.1) is 0 Å². The van der Waals surface area contributed by atoms with Crippen molar-refractivity contribution in [2.45, 2.75) is 44.4 Å². The van der Waals surface area contributed by atoms with Crippen LogP contribution in [0.15, 0.2) is 11.5 Å². The number of hydrogen-bond donors (Lipinski definition) is 2. The summed E-state index contributed by atoms with van der Waals surface area (Å²) >= 11 is 0. The van der Waals surface area contributed by atoms with Gasteiger partial charge in [0.05, 0.1) is 0 Å². The summed E-state index contributed by atoms with van der Waals surface area (Å²) in [6.07, 6.45) is 2.65. The smallest absolute Gasteiger partial charge is 0.258 e. The third kappa shape index (κ3) is 5.28. The topological polar surface area (TPSA) is 75.3 Å².